The maximum atomic E-state index is 12.3. The van der Waals surface area contributed by atoms with Gasteiger partial charge in [-0.05, 0) is 57.0 Å². The van der Waals surface area contributed by atoms with Crippen LogP contribution in [0, 0.1) is 13.8 Å². The summed E-state index contributed by atoms with van der Waals surface area (Å²) in [5.41, 5.74) is 5.44. The molecule has 0 atom stereocenters. The van der Waals surface area contributed by atoms with Gasteiger partial charge in [0.05, 0.1) is 6.21 Å². The summed E-state index contributed by atoms with van der Waals surface area (Å²) in [4.78, 5) is 35.5. The Balaban J connectivity index is 1.95. The van der Waals surface area contributed by atoms with Crippen molar-refractivity contribution < 1.29 is 19.1 Å². The molecular formula is C22H26N4O4. The molecule has 2 aromatic rings. The first-order valence-corrected chi connectivity index (χ1v) is 9.49. The fourth-order valence-electron chi connectivity index (χ4n) is 2.46. The van der Waals surface area contributed by atoms with E-state index in [0.717, 1.165) is 16.8 Å². The van der Waals surface area contributed by atoms with E-state index >= 15 is 0 Å². The molecule has 0 aliphatic carbocycles. The molecule has 0 spiro atoms. The summed E-state index contributed by atoms with van der Waals surface area (Å²) in [6.45, 7) is 7.17. The van der Waals surface area contributed by atoms with Crippen LogP contribution in [-0.2, 0) is 14.4 Å². The molecule has 0 heterocycles. The van der Waals surface area contributed by atoms with Crippen molar-refractivity contribution in [2.75, 3.05) is 11.9 Å². The van der Waals surface area contributed by atoms with Crippen molar-refractivity contribution in [3.63, 3.8) is 0 Å². The quantitative estimate of drug-likeness (QED) is 0.370. The molecule has 3 amide bonds. The lowest BCUT2D eigenvalue weighted by Crippen LogP contribution is -2.41. The van der Waals surface area contributed by atoms with Crippen LogP contribution >= 0.6 is 0 Å². The van der Waals surface area contributed by atoms with Crippen molar-refractivity contribution in [2.24, 2.45) is 5.10 Å². The Morgan fingerprint density at radius 2 is 1.80 bits per heavy atom. The second kappa shape index (κ2) is 10.8. The second-order valence-corrected chi connectivity index (χ2v) is 7.02. The first kappa shape index (κ1) is 22.6. The number of rotatable bonds is 7. The van der Waals surface area contributed by atoms with E-state index in [0.29, 0.717) is 11.3 Å². The minimum Gasteiger partial charge on any atom is -0.483 e. The summed E-state index contributed by atoms with van der Waals surface area (Å²) in [7, 11) is 0. The highest BCUT2D eigenvalue weighted by Gasteiger charge is 2.13. The normalized spacial score (nSPS) is 10.7. The number of carbonyl (C=O) groups is 3. The molecule has 0 aliphatic heterocycles. The third kappa shape index (κ3) is 7.05. The van der Waals surface area contributed by atoms with E-state index in [2.05, 4.69) is 21.2 Å². The topological polar surface area (TPSA) is 109 Å². The van der Waals surface area contributed by atoms with Crippen LogP contribution in [-0.4, -0.2) is 36.6 Å². The highest BCUT2D eigenvalue weighted by atomic mass is 16.5. The Morgan fingerprint density at radius 3 is 2.53 bits per heavy atom. The van der Waals surface area contributed by atoms with Crippen molar-refractivity contribution in [1.82, 2.24) is 10.7 Å². The summed E-state index contributed by atoms with van der Waals surface area (Å²) < 4.78 is 5.60. The van der Waals surface area contributed by atoms with Crippen LogP contribution in [0.15, 0.2) is 47.6 Å². The minimum atomic E-state index is -0.869. The van der Waals surface area contributed by atoms with Gasteiger partial charge in [0.25, 0.3) is 5.91 Å². The Labute approximate surface area is 175 Å². The molecule has 0 bridgehead atoms. The average molecular weight is 410 g/mol. The number of hydrogen-bond acceptors (Lipinski definition) is 5. The lowest BCUT2D eigenvalue weighted by Gasteiger charge is -2.11. The Bertz CT molecular complexity index is 954. The molecule has 0 saturated carbocycles. The maximum Gasteiger partial charge on any atom is 0.329 e. The molecule has 30 heavy (non-hydrogen) atoms. The Morgan fingerprint density at radius 1 is 1.07 bits per heavy atom. The van der Waals surface area contributed by atoms with E-state index in [9.17, 15) is 14.4 Å². The van der Waals surface area contributed by atoms with Crippen LogP contribution in [0.5, 0.6) is 5.75 Å². The van der Waals surface area contributed by atoms with Crippen LogP contribution < -0.4 is 20.8 Å². The number of nitrogens with one attached hydrogen (secondary N) is 3. The van der Waals surface area contributed by atoms with Crippen molar-refractivity contribution in [2.45, 2.75) is 33.7 Å². The summed E-state index contributed by atoms with van der Waals surface area (Å²) in [6, 6.07) is 12.6. The maximum absolute atomic E-state index is 12.3. The van der Waals surface area contributed by atoms with E-state index in [1.54, 1.807) is 38.1 Å². The van der Waals surface area contributed by atoms with E-state index in [1.165, 1.54) is 6.21 Å². The summed E-state index contributed by atoms with van der Waals surface area (Å²) in [6.07, 6.45) is 1.35. The number of nitrogens with zero attached hydrogens (tertiary/aromatic N) is 1. The molecule has 0 unspecified atom stereocenters. The molecule has 3 N–H and O–H groups in total. The standard InChI is InChI=1S/C22H26N4O4/c1-14(2)24-21(28)22(29)26-23-12-17-7-5-6-8-19(17)30-13-20(27)25-18-11-15(3)9-10-16(18)4/h5-12,14H,13H2,1-4H3,(H,24,28)(H,25,27)(H,26,29)/b23-12-. The predicted octanol–water partition coefficient (Wildman–Crippen LogP) is 2.30. The monoisotopic (exact) mass is 410 g/mol. The van der Waals surface area contributed by atoms with Crippen molar-refractivity contribution in [3.8, 4) is 5.75 Å². The van der Waals surface area contributed by atoms with Crippen molar-refractivity contribution in [3.05, 3.63) is 59.2 Å². The summed E-state index contributed by atoms with van der Waals surface area (Å²) in [5, 5.41) is 9.08. The molecule has 2 aromatic carbocycles. The molecule has 8 nitrogen and oxygen atoms in total. The van der Waals surface area contributed by atoms with Gasteiger partial charge in [0.1, 0.15) is 5.75 Å². The number of hydrogen-bond donors (Lipinski definition) is 3. The molecule has 0 aromatic heterocycles. The van der Waals surface area contributed by atoms with Gasteiger partial charge in [-0.15, -0.1) is 0 Å². The van der Waals surface area contributed by atoms with Crippen LogP contribution in [0.1, 0.15) is 30.5 Å². The van der Waals surface area contributed by atoms with Crippen molar-refractivity contribution >= 4 is 29.6 Å². The van der Waals surface area contributed by atoms with Gasteiger partial charge in [-0.3, -0.25) is 14.4 Å². The smallest absolute Gasteiger partial charge is 0.329 e. The number of aryl methyl sites for hydroxylation is 2. The van der Waals surface area contributed by atoms with Crippen molar-refractivity contribution in [1.29, 1.82) is 0 Å². The zero-order valence-corrected chi connectivity index (χ0v) is 17.5. The first-order chi connectivity index (χ1) is 14.3. The SMILES string of the molecule is Cc1ccc(C)c(NC(=O)COc2ccccc2/C=N\NC(=O)C(=O)NC(C)C)c1. The molecule has 0 fully saturated rings. The lowest BCUT2D eigenvalue weighted by molar-refractivity contribution is -0.139. The lowest BCUT2D eigenvalue weighted by atomic mass is 10.1. The fourth-order valence-corrected chi connectivity index (χ4v) is 2.46. The zero-order valence-electron chi connectivity index (χ0n) is 17.5. The largest absolute Gasteiger partial charge is 0.483 e. The summed E-state index contributed by atoms with van der Waals surface area (Å²) >= 11 is 0. The minimum absolute atomic E-state index is 0.156. The van der Waals surface area contributed by atoms with Crippen LogP contribution in [0.3, 0.4) is 0 Å². The summed E-state index contributed by atoms with van der Waals surface area (Å²) in [5.74, 6) is -1.52. The van der Waals surface area contributed by atoms with E-state index in [1.807, 2.05) is 32.0 Å². The molecule has 0 aliphatic rings. The van der Waals surface area contributed by atoms with Gasteiger partial charge in [0, 0.05) is 17.3 Å². The molecule has 0 radical (unpaired) electrons. The zero-order chi connectivity index (χ0) is 22.1. The van der Waals surface area contributed by atoms with Gasteiger partial charge >= 0.3 is 11.8 Å². The van der Waals surface area contributed by atoms with E-state index < -0.39 is 11.8 Å². The molecule has 8 heteroatoms. The number of anilines is 1. The van der Waals surface area contributed by atoms with Gasteiger partial charge in [-0.1, -0.05) is 24.3 Å². The van der Waals surface area contributed by atoms with Gasteiger partial charge in [-0.25, -0.2) is 5.43 Å². The Hall–Kier alpha value is -3.68. The number of hydrazone groups is 1. The van der Waals surface area contributed by atoms with Crippen LogP contribution in [0.4, 0.5) is 5.69 Å². The predicted molar refractivity (Wildman–Crippen MR) is 115 cm³/mol. The van der Waals surface area contributed by atoms with Crippen LogP contribution in [0.25, 0.3) is 0 Å². The van der Waals surface area contributed by atoms with E-state index in [4.69, 9.17) is 4.74 Å². The fraction of sp³-hybridized carbons (Fsp3) is 0.273. The number of amides is 3. The molecular weight excluding hydrogens is 384 g/mol. The van der Waals surface area contributed by atoms with Gasteiger partial charge in [-0.2, -0.15) is 5.10 Å². The van der Waals surface area contributed by atoms with Gasteiger partial charge < -0.3 is 15.4 Å². The van der Waals surface area contributed by atoms with E-state index in [-0.39, 0.29) is 18.6 Å². The first-order valence-electron chi connectivity index (χ1n) is 9.49. The van der Waals surface area contributed by atoms with Crippen LogP contribution in [0.2, 0.25) is 0 Å². The number of ether oxygens (including phenoxy) is 1. The number of benzene rings is 2. The second-order valence-electron chi connectivity index (χ2n) is 7.02. The molecule has 0 saturated heterocycles. The third-order valence-corrected chi connectivity index (χ3v) is 3.94. The third-order valence-electron chi connectivity index (χ3n) is 3.94. The molecule has 2 rings (SSSR count). The van der Waals surface area contributed by atoms with Gasteiger partial charge in [0.15, 0.2) is 6.61 Å². The number of para-hydroxylation sites is 1. The highest BCUT2D eigenvalue weighted by molar-refractivity contribution is 6.35. The highest BCUT2D eigenvalue weighted by Crippen LogP contribution is 2.18. The molecule has 158 valence electrons. The average Bonchev–Trinajstić information content (AvgIpc) is 2.69. The Kier molecular flexibility index (Phi) is 8.10. The number of carbonyl (C=O) groups excluding carboxylic acids is 3. The van der Waals surface area contributed by atoms with Gasteiger partial charge in [0.2, 0.25) is 0 Å².